The van der Waals surface area contributed by atoms with Crippen LogP contribution in [0.15, 0.2) is 36.7 Å². The van der Waals surface area contributed by atoms with Crippen molar-refractivity contribution in [1.82, 2.24) is 10.3 Å². The average molecular weight is 283 g/mol. The number of piperazine rings is 1. The molecule has 5 nitrogen and oxygen atoms in total. The standard InChI is InChI=1S/C16H17N3O2/c1-2-4-13-16(21)19(10-15(20)18-13)14-6-3-5-11-7-8-17-9-12(11)14/h3,5-9,13H,2,4,10H2,1H3,(H,18,20). The summed E-state index contributed by atoms with van der Waals surface area (Å²) in [6.45, 7) is 2.06. The van der Waals surface area contributed by atoms with Crippen LogP contribution in [0.3, 0.4) is 0 Å². The second-order valence-electron chi connectivity index (χ2n) is 5.21. The summed E-state index contributed by atoms with van der Waals surface area (Å²) >= 11 is 0. The zero-order chi connectivity index (χ0) is 14.8. The van der Waals surface area contributed by atoms with Crippen LogP contribution in [0.5, 0.6) is 0 Å². The number of aromatic nitrogens is 1. The quantitative estimate of drug-likeness (QED) is 0.935. The molecule has 3 rings (SSSR count). The molecule has 2 heterocycles. The fraction of sp³-hybridized carbons (Fsp3) is 0.312. The molecule has 0 radical (unpaired) electrons. The van der Waals surface area contributed by atoms with Crippen molar-refractivity contribution in [2.75, 3.05) is 11.4 Å². The molecule has 1 aliphatic heterocycles. The van der Waals surface area contributed by atoms with Crippen molar-refractivity contribution < 1.29 is 9.59 Å². The van der Waals surface area contributed by atoms with Crippen LogP contribution in [0.1, 0.15) is 19.8 Å². The smallest absolute Gasteiger partial charge is 0.250 e. The number of hydrogen-bond acceptors (Lipinski definition) is 3. The summed E-state index contributed by atoms with van der Waals surface area (Å²) in [7, 11) is 0. The van der Waals surface area contributed by atoms with Crippen LogP contribution in [0, 0.1) is 0 Å². The monoisotopic (exact) mass is 283 g/mol. The topological polar surface area (TPSA) is 62.3 Å². The Balaban J connectivity index is 2.04. The minimum atomic E-state index is -0.428. The number of carbonyl (C=O) groups excluding carboxylic acids is 2. The van der Waals surface area contributed by atoms with Gasteiger partial charge in [0.1, 0.15) is 12.6 Å². The summed E-state index contributed by atoms with van der Waals surface area (Å²) < 4.78 is 0. The molecule has 1 aromatic carbocycles. The number of amides is 2. The summed E-state index contributed by atoms with van der Waals surface area (Å²) in [5, 5.41) is 4.66. The first kappa shape index (κ1) is 13.5. The molecule has 1 fully saturated rings. The van der Waals surface area contributed by atoms with Crippen molar-refractivity contribution in [2.45, 2.75) is 25.8 Å². The predicted octanol–water partition coefficient (Wildman–Crippen LogP) is 1.87. The van der Waals surface area contributed by atoms with E-state index in [-0.39, 0.29) is 18.4 Å². The predicted molar refractivity (Wildman–Crippen MR) is 80.9 cm³/mol. The van der Waals surface area contributed by atoms with Gasteiger partial charge in [-0.2, -0.15) is 0 Å². The van der Waals surface area contributed by atoms with Gasteiger partial charge in [0.05, 0.1) is 5.69 Å². The van der Waals surface area contributed by atoms with E-state index in [0.717, 1.165) is 22.9 Å². The van der Waals surface area contributed by atoms with Gasteiger partial charge in [-0.3, -0.25) is 14.6 Å². The van der Waals surface area contributed by atoms with Gasteiger partial charge in [0.2, 0.25) is 11.8 Å². The van der Waals surface area contributed by atoms with Crippen LogP contribution in [-0.2, 0) is 9.59 Å². The third-order valence-corrected chi connectivity index (χ3v) is 3.73. The van der Waals surface area contributed by atoms with E-state index in [9.17, 15) is 9.59 Å². The van der Waals surface area contributed by atoms with E-state index in [1.54, 1.807) is 17.3 Å². The number of fused-ring (bicyclic) bond motifs is 1. The van der Waals surface area contributed by atoms with Crippen LogP contribution in [-0.4, -0.2) is 29.4 Å². The second-order valence-corrected chi connectivity index (χ2v) is 5.21. The summed E-state index contributed by atoms with van der Waals surface area (Å²) in [5.41, 5.74) is 0.751. The Hall–Kier alpha value is -2.43. The number of nitrogens with zero attached hydrogens (tertiary/aromatic N) is 2. The Labute approximate surface area is 123 Å². The largest absolute Gasteiger partial charge is 0.343 e. The Morgan fingerprint density at radius 1 is 1.33 bits per heavy atom. The molecule has 1 aromatic heterocycles. The lowest BCUT2D eigenvalue weighted by Crippen LogP contribution is -2.58. The van der Waals surface area contributed by atoms with Gasteiger partial charge in [-0.15, -0.1) is 0 Å². The molecular formula is C16H17N3O2. The van der Waals surface area contributed by atoms with Gasteiger partial charge in [-0.1, -0.05) is 25.5 Å². The van der Waals surface area contributed by atoms with Crippen molar-refractivity contribution in [3.05, 3.63) is 36.7 Å². The normalized spacial score (nSPS) is 18.9. The number of nitrogens with one attached hydrogen (secondary N) is 1. The molecule has 0 spiro atoms. The number of anilines is 1. The maximum Gasteiger partial charge on any atom is 0.250 e. The van der Waals surface area contributed by atoms with Gasteiger partial charge in [0.15, 0.2) is 0 Å². The van der Waals surface area contributed by atoms with Crippen LogP contribution in [0.4, 0.5) is 5.69 Å². The molecule has 0 aliphatic carbocycles. The van der Waals surface area contributed by atoms with Crippen molar-refractivity contribution >= 4 is 28.3 Å². The Morgan fingerprint density at radius 3 is 3.00 bits per heavy atom. The van der Waals surface area contributed by atoms with Crippen molar-refractivity contribution in [1.29, 1.82) is 0 Å². The van der Waals surface area contributed by atoms with Crippen LogP contribution in [0.25, 0.3) is 10.8 Å². The fourth-order valence-corrected chi connectivity index (χ4v) is 2.73. The summed E-state index contributed by atoms with van der Waals surface area (Å²) in [5.74, 6) is -0.165. The third-order valence-electron chi connectivity index (χ3n) is 3.73. The molecule has 0 bridgehead atoms. The van der Waals surface area contributed by atoms with E-state index in [1.165, 1.54) is 0 Å². The maximum absolute atomic E-state index is 12.6. The van der Waals surface area contributed by atoms with E-state index in [4.69, 9.17) is 0 Å². The summed E-state index contributed by atoms with van der Waals surface area (Å²) in [6.07, 6.45) is 4.96. The molecule has 1 saturated heterocycles. The SMILES string of the molecule is CCCC1NC(=O)CN(c2cccc3ccncc23)C1=O. The van der Waals surface area contributed by atoms with Gasteiger partial charge in [-0.25, -0.2) is 0 Å². The summed E-state index contributed by atoms with van der Waals surface area (Å²) in [4.78, 5) is 30.2. The first-order valence-corrected chi connectivity index (χ1v) is 7.14. The highest BCUT2D eigenvalue weighted by Gasteiger charge is 2.33. The highest BCUT2D eigenvalue weighted by atomic mass is 16.2. The van der Waals surface area contributed by atoms with Crippen molar-refractivity contribution in [3.63, 3.8) is 0 Å². The highest BCUT2D eigenvalue weighted by molar-refractivity contribution is 6.11. The zero-order valence-corrected chi connectivity index (χ0v) is 11.9. The van der Waals surface area contributed by atoms with E-state index < -0.39 is 6.04 Å². The van der Waals surface area contributed by atoms with Gasteiger partial charge >= 0.3 is 0 Å². The van der Waals surface area contributed by atoms with Gasteiger partial charge in [0.25, 0.3) is 0 Å². The second kappa shape index (κ2) is 5.52. The maximum atomic E-state index is 12.6. The molecule has 1 N–H and O–H groups in total. The van der Waals surface area contributed by atoms with Crippen molar-refractivity contribution in [2.24, 2.45) is 0 Å². The Kier molecular flexibility index (Phi) is 3.56. The van der Waals surface area contributed by atoms with Gasteiger partial charge < -0.3 is 10.2 Å². The molecule has 0 saturated carbocycles. The van der Waals surface area contributed by atoms with E-state index in [2.05, 4.69) is 10.3 Å². The van der Waals surface area contributed by atoms with Crippen LogP contribution in [0.2, 0.25) is 0 Å². The molecule has 1 aliphatic rings. The lowest BCUT2D eigenvalue weighted by atomic mass is 10.1. The molecular weight excluding hydrogens is 266 g/mol. The molecule has 2 amide bonds. The minimum Gasteiger partial charge on any atom is -0.343 e. The molecule has 21 heavy (non-hydrogen) atoms. The molecule has 2 aromatic rings. The van der Waals surface area contributed by atoms with E-state index in [1.807, 2.05) is 31.2 Å². The van der Waals surface area contributed by atoms with E-state index in [0.29, 0.717) is 6.42 Å². The third kappa shape index (κ3) is 2.46. The molecule has 1 unspecified atom stereocenters. The number of hydrogen-bond donors (Lipinski definition) is 1. The Bertz CT molecular complexity index is 693. The minimum absolute atomic E-state index is 0.0483. The van der Waals surface area contributed by atoms with Crippen molar-refractivity contribution in [3.8, 4) is 0 Å². The lowest BCUT2D eigenvalue weighted by Gasteiger charge is -2.33. The molecule has 1 atom stereocenters. The number of carbonyl (C=O) groups is 2. The molecule has 108 valence electrons. The molecule has 5 heteroatoms. The van der Waals surface area contributed by atoms with Crippen LogP contribution >= 0.6 is 0 Å². The average Bonchev–Trinajstić information content (AvgIpc) is 2.50. The number of rotatable bonds is 3. The van der Waals surface area contributed by atoms with E-state index >= 15 is 0 Å². The van der Waals surface area contributed by atoms with Crippen LogP contribution < -0.4 is 10.2 Å². The van der Waals surface area contributed by atoms with Gasteiger partial charge in [0, 0.05) is 17.8 Å². The summed E-state index contributed by atoms with van der Waals surface area (Å²) in [6, 6.07) is 7.20. The highest BCUT2D eigenvalue weighted by Crippen LogP contribution is 2.27. The lowest BCUT2D eigenvalue weighted by molar-refractivity contribution is -0.131. The fourth-order valence-electron chi connectivity index (χ4n) is 2.73. The number of benzene rings is 1. The first-order valence-electron chi connectivity index (χ1n) is 7.14. The zero-order valence-electron chi connectivity index (χ0n) is 11.9. The van der Waals surface area contributed by atoms with Gasteiger partial charge in [-0.05, 0) is 23.9 Å². The number of pyridine rings is 1. The first-order chi connectivity index (χ1) is 10.2. The Morgan fingerprint density at radius 2 is 2.19 bits per heavy atom.